The second-order valence-electron chi connectivity index (χ2n) is 6.00. The van der Waals surface area contributed by atoms with Crippen molar-refractivity contribution in [3.63, 3.8) is 0 Å². The van der Waals surface area contributed by atoms with Gasteiger partial charge in [0, 0.05) is 24.2 Å². The van der Waals surface area contributed by atoms with E-state index < -0.39 is 24.0 Å². The lowest BCUT2D eigenvalue weighted by Gasteiger charge is -2.14. The van der Waals surface area contributed by atoms with Crippen LogP contribution in [0.25, 0.3) is 0 Å². The minimum atomic E-state index is -1.12. The van der Waals surface area contributed by atoms with Crippen molar-refractivity contribution in [3.05, 3.63) is 52.8 Å². The zero-order chi connectivity index (χ0) is 20.7. The van der Waals surface area contributed by atoms with E-state index in [0.717, 1.165) is 17.0 Å². The maximum absolute atomic E-state index is 12.5. The molecule has 1 aromatic heterocycles. The maximum Gasteiger partial charge on any atom is 0.339 e. The third-order valence-corrected chi connectivity index (χ3v) is 4.57. The molecule has 0 bridgehead atoms. The second-order valence-corrected chi connectivity index (χ2v) is 6.94. The first-order chi connectivity index (χ1) is 13.3. The van der Waals surface area contributed by atoms with Crippen LogP contribution in [0.1, 0.15) is 34.2 Å². The van der Waals surface area contributed by atoms with E-state index in [0.29, 0.717) is 16.5 Å². The van der Waals surface area contributed by atoms with Gasteiger partial charge in [-0.2, -0.15) is 0 Å². The van der Waals surface area contributed by atoms with Crippen LogP contribution in [-0.4, -0.2) is 41.0 Å². The van der Waals surface area contributed by atoms with E-state index in [1.807, 2.05) is 32.0 Å². The Morgan fingerprint density at radius 3 is 2.43 bits per heavy atom. The van der Waals surface area contributed by atoms with Gasteiger partial charge in [-0.1, -0.05) is 30.0 Å². The van der Waals surface area contributed by atoms with Gasteiger partial charge in [-0.15, -0.1) is 0 Å². The summed E-state index contributed by atoms with van der Waals surface area (Å²) >= 11 is 1.41. The summed E-state index contributed by atoms with van der Waals surface area (Å²) in [6.45, 7) is 5.20. The summed E-state index contributed by atoms with van der Waals surface area (Å²) in [5.41, 5.74) is 2.83. The van der Waals surface area contributed by atoms with Crippen molar-refractivity contribution < 1.29 is 19.1 Å². The molecule has 0 aliphatic rings. The topological polar surface area (TPSA) is 110 Å². The van der Waals surface area contributed by atoms with E-state index in [1.165, 1.54) is 25.7 Å². The summed E-state index contributed by atoms with van der Waals surface area (Å²) in [7, 11) is 1.38. The van der Waals surface area contributed by atoms with Gasteiger partial charge in [0.05, 0.1) is 5.56 Å². The number of benzene rings is 1. The number of hydrogen-bond acceptors (Lipinski definition) is 7. The molecule has 1 aromatic carbocycles. The molecule has 0 saturated carbocycles. The van der Waals surface area contributed by atoms with Crippen LogP contribution in [0.2, 0.25) is 0 Å². The first-order valence-electron chi connectivity index (χ1n) is 8.56. The van der Waals surface area contributed by atoms with Crippen molar-refractivity contribution in [2.24, 2.45) is 0 Å². The van der Waals surface area contributed by atoms with Crippen molar-refractivity contribution in [2.75, 3.05) is 7.05 Å². The molecule has 0 spiro atoms. The number of esters is 1. The number of amides is 3. The molecule has 0 fully saturated rings. The van der Waals surface area contributed by atoms with Crippen LogP contribution < -0.4 is 10.6 Å². The summed E-state index contributed by atoms with van der Waals surface area (Å²) in [6.07, 6.45) is -1.12. The molecule has 3 amide bonds. The number of nitrogens with one attached hydrogen (secondary N) is 2. The molecular weight excluding hydrogens is 380 g/mol. The van der Waals surface area contributed by atoms with Gasteiger partial charge < -0.3 is 10.1 Å². The average molecular weight is 402 g/mol. The lowest BCUT2D eigenvalue weighted by Crippen LogP contribution is -2.43. The number of thioether (sulfide) groups is 1. The highest BCUT2D eigenvalue weighted by atomic mass is 32.2. The van der Waals surface area contributed by atoms with Crippen molar-refractivity contribution >= 4 is 29.7 Å². The zero-order valence-corrected chi connectivity index (χ0v) is 16.9. The molecule has 9 heteroatoms. The fourth-order valence-electron chi connectivity index (χ4n) is 2.30. The third-order valence-electron chi connectivity index (χ3n) is 3.67. The first kappa shape index (κ1) is 21.4. The van der Waals surface area contributed by atoms with E-state index in [9.17, 15) is 14.4 Å². The van der Waals surface area contributed by atoms with E-state index in [1.54, 1.807) is 12.1 Å². The molecule has 1 atom stereocenters. The number of urea groups is 1. The number of aryl methyl sites for hydroxylation is 2. The number of ether oxygens (including phenoxy) is 1. The first-order valence-corrected chi connectivity index (χ1v) is 9.55. The van der Waals surface area contributed by atoms with Crippen LogP contribution >= 0.6 is 11.8 Å². The van der Waals surface area contributed by atoms with Crippen LogP contribution in [0.4, 0.5) is 4.79 Å². The minimum absolute atomic E-state index is 0.346. The zero-order valence-electron chi connectivity index (χ0n) is 16.1. The van der Waals surface area contributed by atoms with E-state index >= 15 is 0 Å². The normalized spacial score (nSPS) is 11.4. The molecule has 28 heavy (non-hydrogen) atoms. The lowest BCUT2D eigenvalue weighted by molar-refractivity contribution is -0.127. The van der Waals surface area contributed by atoms with E-state index in [4.69, 9.17) is 4.74 Å². The molecule has 0 saturated heterocycles. The van der Waals surface area contributed by atoms with Gasteiger partial charge in [0.15, 0.2) is 11.3 Å². The second kappa shape index (κ2) is 9.84. The summed E-state index contributed by atoms with van der Waals surface area (Å²) in [5.74, 6) is -0.882. The Morgan fingerprint density at radius 2 is 1.79 bits per heavy atom. The quantitative estimate of drug-likeness (QED) is 0.434. The molecular formula is C19H22N4O4S. The Balaban J connectivity index is 2.06. The fraction of sp³-hybridized carbons (Fsp3) is 0.316. The largest absolute Gasteiger partial charge is 0.449 e. The molecule has 0 unspecified atom stereocenters. The highest BCUT2D eigenvalue weighted by Crippen LogP contribution is 2.23. The standard InChI is InChI=1S/C19H22N4O4S/c1-11-9-12(2)22-19(21-11)28-10-14-7-5-6-8-15(14)17(25)27-13(3)16(24)23-18(26)20-4/h5-9,13H,10H2,1-4H3,(H2,20,23,24,26)/t13-/m1/s1. The Labute approximate surface area is 167 Å². The summed E-state index contributed by atoms with van der Waals surface area (Å²) in [5, 5.41) is 4.95. The van der Waals surface area contributed by atoms with Crippen molar-refractivity contribution in [1.82, 2.24) is 20.6 Å². The number of hydrogen-bond donors (Lipinski definition) is 2. The molecule has 148 valence electrons. The van der Waals surface area contributed by atoms with Gasteiger partial charge in [-0.25, -0.2) is 19.6 Å². The number of rotatable bonds is 6. The third kappa shape index (κ3) is 6.05. The molecule has 2 rings (SSSR count). The molecule has 8 nitrogen and oxygen atoms in total. The Morgan fingerprint density at radius 1 is 1.14 bits per heavy atom. The number of carbonyl (C=O) groups is 3. The van der Waals surface area contributed by atoms with Crippen molar-refractivity contribution in [3.8, 4) is 0 Å². The highest BCUT2D eigenvalue weighted by Gasteiger charge is 2.22. The van der Waals surface area contributed by atoms with Crippen molar-refractivity contribution in [2.45, 2.75) is 37.8 Å². The van der Waals surface area contributed by atoms with Crippen LogP contribution in [0, 0.1) is 13.8 Å². The van der Waals surface area contributed by atoms with E-state index in [2.05, 4.69) is 20.6 Å². The van der Waals surface area contributed by atoms with Gasteiger partial charge in [-0.05, 0) is 38.5 Å². The number of imide groups is 1. The number of nitrogens with zero attached hydrogens (tertiary/aromatic N) is 2. The van der Waals surface area contributed by atoms with Crippen molar-refractivity contribution in [1.29, 1.82) is 0 Å². The molecule has 0 aliphatic carbocycles. The molecule has 0 aliphatic heterocycles. The van der Waals surface area contributed by atoms with Gasteiger partial charge in [0.25, 0.3) is 5.91 Å². The summed E-state index contributed by atoms with van der Waals surface area (Å²) in [6, 6.07) is 8.19. The number of carbonyl (C=O) groups excluding carboxylic acids is 3. The minimum Gasteiger partial charge on any atom is -0.449 e. The molecule has 0 radical (unpaired) electrons. The Hall–Kier alpha value is -2.94. The smallest absolute Gasteiger partial charge is 0.339 e. The monoisotopic (exact) mass is 402 g/mol. The number of aromatic nitrogens is 2. The predicted molar refractivity (Wildman–Crippen MR) is 105 cm³/mol. The summed E-state index contributed by atoms with van der Waals surface area (Å²) in [4.78, 5) is 44.3. The predicted octanol–water partition coefficient (Wildman–Crippen LogP) is 2.39. The maximum atomic E-state index is 12.5. The summed E-state index contributed by atoms with van der Waals surface area (Å²) < 4.78 is 5.20. The van der Waals surface area contributed by atoms with Gasteiger partial charge >= 0.3 is 12.0 Å². The van der Waals surface area contributed by atoms with Gasteiger partial charge in [0.2, 0.25) is 0 Å². The van der Waals surface area contributed by atoms with Gasteiger partial charge in [0.1, 0.15) is 0 Å². The van der Waals surface area contributed by atoms with Crippen LogP contribution in [0.5, 0.6) is 0 Å². The molecule has 2 N–H and O–H groups in total. The van der Waals surface area contributed by atoms with Gasteiger partial charge in [-0.3, -0.25) is 10.1 Å². The van der Waals surface area contributed by atoms with Crippen LogP contribution in [-0.2, 0) is 15.3 Å². The van der Waals surface area contributed by atoms with Crippen LogP contribution in [0.3, 0.4) is 0 Å². The van der Waals surface area contributed by atoms with Crippen LogP contribution in [0.15, 0.2) is 35.5 Å². The lowest BCUT2D eigenvalue weighted by atomic mass is 10.1. The Kier molecular flexibility index (Phi) is 7.51. The Bertz CT molecular complexity index is 868. The SMILES string of the molecule is CNC(=O)NC(=O)[C@@H](C)OC(=O)c1ccccc1CSc1nc(C)cc(C)n1. The van der Waals surface area contributed by atoms with E-state index in [-0.39, 0.29) is 0 Å². The highest BCUT2D eigenvalue weighted by molar-refractivity contribution is 7.98. The fourth-order valence-corrected chi connectivity index (χ4v) is 3.25. The molecule has 2 aromatic rings. The molecule has 1 heterocycles. The average Bonchev–Trinajstić information content (AvgIpc) is 2.65.